The maximum Gasteiger partial charge on any atom is 0.228 e. The van der Waals surface area contributed by atoms with Gasteiger partial charge in [0.2, 0.25) is 5.91 Å². The number of methoxy groups -OCH3 is 2. The van der Waals surface area contributed by atoms with E-state index in [1.807, 2.05) is 19.1 Å². The Balaban J connectivity index is 2.07. The van der Waals surface area contributed by atoms with E-state index in [1.165, 1.54) is 0 Å². The van der Waals surface area contributed by atoms with Crippen molar-refractivity contribution < 1.29 is 14.3 Å². The van der Waals surface area contributed by atoms with Gasteiger partial charge in [-0.05, 0) is 30.7 Å². The van der Waals surface area contributed by atoms with E-state index in [-0.39, 0.29) is 12.3 Å². The molecule has 0 aliphatic carbocycles. The molecule has 0 unspecified atom stereocenters. The minimum Gasteiger partial charge on any atom is -0.497 e. The van der Waals surface area contributed by atoms with Crippen LogP contribution in [-0.4, -0.2) is 25.1 Å². The largest absolute Gasteiger partial charge is 0.497 e. The topological polar surface area (TPSA) is 60.5 Å². The van der Waals surface area contributed by atoms with Gasteiger partial charge in [-0.25, -0.2) is 0 Å². The highest BCUT2D eigenvalue weighted by atomic mass is 16.5. The second kappa shape index (κ2) is 6.74. The standard InChI is InChI=1S/C16H18N2O3/c1-11-4-5-12(10-17-11)8-16(19)18-14-7-6-13(20-2)9-15(14)21-3/h4-7,9-10H,8H2,1-3H3,(H,18,19). The number of benzene rings is 1. The van der Waals surface area contributed by atoms with Crippen LogP contribution >= 0.6 is 0 Å². The van der Waals surface area contributed by atoms with Crippen molar-refractivity contribution in [1.29, 1.82) is 0 Å². The summed E-state index contributed by atoms with van der Waals surface area (Å²) < 4.78 is 10.4. The second-order valence-electron chi connectivity index (χ2n) is 4.60. The number of rotatable bonds is 5. The van der Waals surface area contributed by atoms with Gasteiger partial charge < -0.3 is 14.8 Å². The van der Waals surface area contributed by atoms with E-state index in [0.29, 0.717) is 17.2 Å². The van der Waals surface area contributed by atoms with Crippen LogP contribution in [0.15, 0.2) is 36.5 Å². The molecule has 0 aliphatic rings. The molecule has 1 amide bonds. The minimum absolute atomic E-state index is 0.121. The Morgan fingerprint density at radius 1 is 1.19 bits per heavy atom. The Morgan fingerprint density at radius 2 is 2.00 bits per heavy atom. The van der Waals surface area contributed by atoms with Crippen molar-refractivity contribution in [2.75, 3.05) is 19.5 Å². The number of hydrogen-bond acceptors (Lipinski definition) is 4. The number of aromatic nitrogens is 1. The number of nitrogens with one attached hydrogen (secondary N) is 1. The molecule has 1 aromatic heterocycles. The molecule has 1 aromatic carbocycles. The molecule has 2 rings (SSSR count). The number of aryl methyl sites for hydroxylation is 1. The van der Waals surface area contributed by atoms with Crippen molar-refractivity contribution >= 4 is 11.6 Å². The molecule has 0 aliphatic heterocycles. The van der Waals surface area contributed by atoms with Gasteiger partial charge in [-0.15, -0.1) is 0 Å². The summed E-state index contributed by atoms with van der Waals surface area (Å²) in [4.78, 5) is 16.2. The van der Waals surface area contributed by atoms with E-state index in [1.54, 1.807) is 38.6 Å². The smallest absolute Gasteiger partial charge is 0.228 e. The first-order valence-electron chi connectivity index (χ1n) is 6.56. The van der Waals surface area contributed by atoms with Crippen LogP contribution in [0.5, 0.6) is 11.5 Å². The Kier molecular flexibility index (Phi) is 4.77. The van der Waals surface area contributed by atoms with Gasteiger partial charge in [0.05, 0.1) is 26.3 Å². The van der Waals surface area contributed by atoms with Crippen molar-refractivity contribution in [2.45, 2.75) is 13.3 Å². The van der Waals surface area contributed by atoms with Crippen molar-refractivity contribution in [3.63, 3.8) is 0 Å². The molecular formula is C16H18N2O3. The molecular weight excluding hydrogens is 268 g/mol. The van der Waals surface area contributed by atoms with Gasteiger partial charge in [0.1, 0.15) is 11.5 Å². The molecule has 0 saturated heterocycles. The highest BCUT2D eigenvalue weighted by Gasteiger charge is 2.09. The number of carbonyl (C=O) groups is 1. The van der Waals surface area contributed by atoms with Crippen LogP contribution in [0.2, 0.25) is 0 Å². The predicted octanol–water partition coefficient (Wildman–Crippen LogP) is 2.59. The van der Waals surface area contributed by atoms with Crippen LogP contribution in [0.3, 0.4) is 0 Å². The van der Waals surface area contributed by atoms with Crippen LogP contribution in [0.25, 0.3) is 0 Å². The summed E-state index contributed by atoms with van der Waals surface area (Å²) in [7, 11) is 3.13. The Morgan fingerprint density at radius 3 is 2.62 bits per heavy atom. The molecule has 1 heterocycles. The molecule has 110 valence electrons. The highest BCUT2D eigenvalue weighted by molar-refractivity contribution is 5.93. The van der Waals surface area contributed by atoms with E-state index in [4.69, 9.17) is 9.47 Å². The second-order valence-corrected chi connectivity index (χ2v) is 4.60. The molecule has 1 N–H and O–H groups in total. The zero-order chi connectivity index (χ0) is 15.2. The average Bonchev–Trinajstić information content (AvgIpc) is 2.50. The first-order valence-corrected chi connectivity index (χ1v) is 6.56. The summed E-state index contributed by atoms with van der Waals surface area (Å²) in [6, 6.07) is 9.03. The molecule has 5 heteroatoms. The predicted molar refractivity (Wildman–Crippen MR) is 80.9 cm³/mol. The third kappa shape index (κ3) is 3.95. The van der Waals surface area contributed by atoms with Gasteiger partial charge >= 0.3 is 0 Å². The molecule has 21 heavy (non-hydrogen) atoms. The maximum atomic E-state index is 12.1. The van der Waals surface area contributed by atoms with Crippen LogP contribution in [0.4, 0.5) is 5.69 Å². The number of anilines is 1. The summed E-state index contributed by atoms with van der Waals surface area (Å²) in [6.45, 7) is 1.91. The lowest BCUT2D eigenvalue weighted by atomic mass is 10.2. The fourth-order valence-corrected chi connectivity index (χ4v) is 1.88. The first kappa shape index (κ1) is 14.8. The minimum atomic E-state index is -0.121. The lowest BCUT2D eigenvalue weighted by Gasteiger charge is -2.11. The highest BCUT2D eigenvalue weighted by Crippen LogP contribution is 2.29. The fourth-order valence-electron chi connectivity index (χ4n) is 1.88. The molecule has 0 atom stereocenters. The molecule has 0 saturated carbocycles. The Hall–Kier alpha value is -2.56. The van der Waals surface area contributed by atoms with Crippen molar-refractivity contribution in [1.82, 2.24) is 4.98 Å². The van der Waals surface area contributed by atoms with Crippen molar-refractivity contribution in [3.8, 4) is 11.5 Å². The van der Waals surface area contributed by atoms with Gasteiger partial charge in [-0.2, -0.15) is 0 Å². The monoisotopic (exact) mass is 286 g/mol. The summed E-state index contributed by atoms with van der Waals surface area (Å²) in [5, 5.41) is 2.83. The lowest BCUT2D eigenvalue weighted by molar-refractivity contribution is -0.115. The molecule has 5 nitrogen and oxygen atoms in total. The van der Waals surface area contributed by atoms with E-state index in [9.17, 15) is 4.79 Å². The van der Waals surface area contributed by atoms with Crippen LogP contribution in [-0.2, 0) is 11.2 Å². The molecule has 0 radical (unpaired) electrons. The Labute approximate surface area is 123 Å². The lowest BCUT2D eigenvalue weighted by Crippen LogP contribution is -2.15. The van der Waals surface area contributed by atoms with Crippen LogP contribution < -0.4 is 14.8 Å². The number of hydrogen-bond donors (Lipinski definition) is 1. The zero-order valence-corrected chi connectivity index (χ0v) is 12.3. The number of ether oxygens (including phenoxy) is 2. The van der Waals surface area contributed by atoms with E-state index >= 15 is 0 Å². The molecule has 2 aromatic rings. The third-order valence-electron chi connectivity index (χ3n) is 3.02. The summed E-state index contributed by atoms with van der Waals surface area (Å²) in [5.74, 6) is 1.11. The number of carbonyl (C=O) groups excluding carboxylic acids is 1. The summed E-state index contributed by atoms with van der Waals surface area (Å²) in [5.41, 5.74) is 2.41. The Bertz CT molecular complexity index is 624. The SMILES string of the molecule is COc1ccc(NC(=O)Cc2ccc(C)nc2)c(OC)c1. The van der Waals surface area contributed by atoms with Crippen molar-refractivity contribution in [3.05, 3.63) is 47.8 Å². The van der Waals surface area contributed by atoms with Crippen LogP contribution in [0.1, 0.15) is 11.3 Å². The van der Waals surface area contributed by atoms with Gasteiger partial charge in [0.15, 0.2) is 0 Å². The van der Waals surface area contributed by atoms with Gasteiger partial charge in [0.25, 0.3) is 0 Å². The third-order valence-corrected chi connectivity index (χ3v) is 3.02. The van der Waals surface area contributed by atoms with E-state index in [0.717, 1.165) is 11.3 Å². The normalized spacial score (nSPS) is 10.0. The zero-order valence-electron chi connectivity index (χ0n) is 12.3. The first-order chi connectivity index (χ1) is 10.1. The van der Waals surface area contributed by atoms with Gasteiger partial charge in [-0.3, -0.25) is 9.78 Å². The molecule has 0 spiro atoms. The van der Waals surface area contributed by atoms with E-state index in [2.05, 4.69) is 10.3 Å². The number of nitrogens with zero attached hydrogens (tertiary/aromatic N) is 1. The molecule has 0 bridgehead atoms. The quantitative estimate of drug-likeness (QED) is 0.917. The van der Waals surface area contributed by atoms with Crippen LogP contribution in [0, 0.1) is 6.92 Å². The average molecular weight is 286 g/mol. The summed E-state index contributed by atoms with van der Waals surface area (Å²) in [6.07, 6.45) is 1.97. The van der Waals surface area contributed by atoms with Gasteiger partial charge in [0, 0.05) is 18.0 Å². The number of amides is 1. The number of pyridine rings is 1. The molecule has 0 fully saturated rings. The summed E-state index contributed by atoms with van der Waals surface area (Å²) >= 11 is 0. The van der Waals surface area contributed by atoms with Crippen molar-refractivity contribution in [2.24, 2.45) is 0 Å². The van der Waals surface area contributed by atoms with E-state index < -0.39 is 0 Å². The maximum absolute atomic E-state index is 12.1. The van der Waals surface area contributed by atoms with Gasteiger partial charge in [-0.1, -0.05) is 6.07 Å². The fraction of sp³-hybridized carbons (Fsp3) is 0.250.